The second-order valence-corrected chi connectivity index (χ2v) is 7.09. The number of likely N-dealkylation sites (tertiary alicyclic amines) is 1. The summed E-state index contributed by atoms with van der Waals surface area (Å²) in [6.07, 6.45) is 1.10. The van der Waals surface area contributed by atoms with Gasteiger partial charge in [0.2, 0.25) is 0 Å². The van der Waals surface area contributed by atoms with Crippen molar-refractivity contribution in [1.82, 2.24) is 10.2 Å². The van der Waals surface area contributed by atoms with Crippen LogP contribution >= 0.6 is 24.0 Å². The first-order valence-electron chi connectivity index (χ1n) is 9.48. The maximum absolute atomic E-state index is 13.4. The summed E-state index contributed by atoms with van der Waals surface area (Å²) in [6.45, 7) is 5.76. The van der Waals surface area contributed by atoms with Crippen LogP contribution in [-0.4, -0.2) is 37.6 Å². The van der Waals surface area contributed by atoms with Crippen molar-refractivity contribution in [2.45, 2.75) is 26.5 Å². The highest BCUT2D eigenvalue weighted by molar-refractivity contribution is 14.0. The van der Waals surface area contributed by atoms with Gasteiger partial charge in [0, 0.05) is 32.6 Å². The fourth-order valence-corrected chi connectivity index (χ4v) is 3.41. The van der Waals surface area contributed by atoms with Crippen molar-refractivity contribution >= 4 is 29.9 Å². The van der Waals surface area contributed by atoms with E-state index in [-0.39, 0.29) is 29.8 Å². The summed E-state index contributed by atoms with van der Waals surface area (Å²) in [6, 6.07) is 15.5. The van der Waals surface area contributed by atoms with Crippen LogP contribution in [0, 0.1) is 18.7 Å². The quantitative estimate of drug-likeness (QED) is 0.366. The summed E-state index contributed by atoms with van der Waals surface area (Å²) >= 11 is 0. The Labute approximate surface area is 184 Å². The van der Waals surface area contributed by atoms with Gasteiger partial charge in [0.1, 0.15) is 5.82 Å². The third-order valence-electron chi connectivity index (χ3n) is 4.94. The van der Waals surface area contributed by atoms with Gasteiger partial charge in [-0.25, -0.2) is 4.39 Å². The number of ether oxygens (including phenoxy) is 1. The van der Waals surface area contributed by atoms with Gasteiger partial charge in [-0.15, -0.1) is 24.0 Å². The van der Waals surface area contributed by atoms with Gasteiger partial charge in [0.25, 0.3) is 0 Å². The van der Waals surface area contributed by atoms with E-state index in [0.717, 1.165) is 37.6 Å². The minimum atomic E-state index is -0.166. The highest BCUT2D eigenvalue weighted by Crippen LogP contribution is 2.17. The van der Waals surface area contributed by atoms with E-state index in [1.54, 1.807) is 14.0 Å². The van der Waals surface area contributed by atoms with E-state index >= 15 is 0 Å². The molecule has 2 aromatic rings. The van der Waals surface area contributed by atoms with Gasteiger partial charge < -0.3 is 15.0 Å². The molecule has 0 aliphatic carbocycles. The molecule has 1 aliphatic rings. The fourth-order valence-electron chi connectivity index (χ4n) is 3.41. The lowest BCUT2D eigenvalue weighted by Gasteiger charge is -2.22. The van der Waals surface area contributed by atoms with E-state index < -0.39 is 0 Å². The second kappa shape index (κ2) is 11.4. The van der Waals surface area contributed by atoms with Gasteiger partial charge in [-0.2, -0.15) is 0 Å². The number of hydrogen-bond donors (Lipinski definition) is 1. The molecule has 1 unspecified atom stereocenters. The molecule has 1 saturated heterocycles. The van der Waals surface area contributed by atoms with Crippen LogP contribution in [-0.2, 0) is 17.9 Å². The van der Waals surface area contributed by atoms with Crippen molar-refractivity contribution < 1.29 is 9.13 Å². The van der Waals surface area contributed by atoms with Crippen molar-refractivity contribution in [3.05, 3.63) is 71.0 Å². The molecular formula is C22H29FIN3O. The van der Waals surface area contributed by atoms with Crippen LogP contribution in [0.15, 0.2) is 53.5 Å². The lowest BCUT2D eigenvalue weighted by atomic mass is 10.1. The monoisotopic (exact) mass is 497 g/mol. The van der Waals surface area contributed by atoms with Crippen LogP contribution in [0.3, 0.4) is 0 Å². The normalized spacial score (nSPS) is 16.8. The first kappa shape index (κ1) is 22.6. The van der Waals surface area contributed by atoms with E-state index in [9.17, 15) is 4.39 Å². The average Bonchev–Trinajstić information content (AvgIpc) is 3.15. The Morgan fingerprint density at radius 2 is 2.00 bits per heavy atom. The van der Waals surface area contributed by atoms with Crippen molar-refractivity contribution in [2.24, 2.45) is 10.9 Å². The Kier molecular flexibility index (Phi) is 9.18. The summed E-state index contributed by atoms with van der Waals surface area (Å²) in [7, 11) is 1.80. The fraction of sp³-hybridized carbons (Fsp3) is 0.409. The number of rotatable bonds is 6. The highest BCUT2D eigenvalue weighted by atomic mass is 127. The molecule has 4 nitrogen and oxygen atoms in total. The Balaban J connectivity index is 0.00000280. The molecular weight excluding hydrogens is 468 g/mol. The van der Waals surface area contributed by atoms with Gasteiger partial charge in [0.05, 0.1) is 13.2 Å². The lowest BCUT2D eigenvalue weighted by molar-refractivity contribution is 0.0906. The molecule has 1 N–H and O–H groups in total. The van der Waals surface area contributed by atoms with Gasteiger partial charge in [-0.1, -0.05) is 42.5 Å². The number of benzene rings is 2. The number of nitrogens with zero attached hydrogens (tertiary/aromatic N) is 2. The molecule has 0 bridgehead atoms. The standard InChI is InChI=1S/C22H28FN3O.HI/c1-17-12-19(8-9-21(17)23)13-25-22(24-2)26-11-10-20(14-26)16-27-15-18-6-4-3-5-7-18;/h3-9,12,20H,10-11,13-16H2,1-2H3,(H,24,25);1H. The third kappa shape index (κ3) is 6.44. The van der Waals surface area contributed by atoms with E-state index in [1.807, 2.05) is 30.3 Å². The van der Waals surface area contributed by atoms with Crippen molar-refractivity contribution in [2.75, 3.05) is 26.7 Å². The van der Waals surface area contributed by atoms with Crippen molar-refractivity contribution in [1.29, 1.82) is 0 Å². The molecule has 0 saturated carbocycles. The number of guanidine groups is 1. The molecule has 1 heterocycles. The first-order valence-corrected chi connectivity index (χ1v) is 9.48. The number of aliphatic imine (C=N–C) groups is 1. The van der Waals surface area contributed by atoms with Gasteiger partial charge in [-0.05, 0) is 36.1 Å². The summed E-state index contributed by atoms with van der Waals surface area (Å²) in [4.78, 5) is 6.67. The smallest absolute Gasteiger partial charge is 0.193 e. The zero-order valence-electron chi connectivity index (χ0n) is 16.5. The third-order valence-corrected chi connectivity index (χ3v) is 4.94. The summed E-state index contributed by atoms with van der Waals surface area (Å²) < 4.78 is 19.3. The Morgan fingerprint density at radius 3 is 2.71 bits per heavy atom. The molecule has 0 radical (unpaired) electrons. The average molecular weight is 497 g/mol. The lowest BCUT2D eigenvalue weighted by Crippen LogP contribution is -2.39. The summed E-state index contributed by atoms with van der Waals surface area (Å²) in [5.74, 6) is 1.24. The molecule has 3 rings (SSSR count). The predicted molar refractivity (Wildman–Crippen MR) is 123 cm³/mol. The van der Waals surface area contributed by atoms with Gasteiger partial charge in [-0.3, -0.25) is 4.99 Å². The van der Waals surface area contributed by atoms with Crippen LogP contribution in [0.5, 0.6) is 0 Å². The van der Waals surface area contributed by atoms with E-state index in [1.165, 1.54) is 11.6 Å². The first-order chi connectivity index (χ1) is 13.2. The number of nitrogens with one attached hydrogen (secondary N) is 1. The van der Waals surface area contributed by atoms with E-state index in [0.29, 0.717) is 24.6 Å². The summed E-state index contributed by atoms with van der Waals surface area (Å²) in [5.41, 5.74) is 2.93. The largest absolute Gasteiger partial charge is 0.376 e. The SMILES string of the molecule is CN=C(NCc1ccc(F)c(C)c1)N1CCC(COCc2ccccc2)C1.I. The molecule has 0 aromatic heterocycles. The number of aryl methyl sites for hydroxylation is 1. The summed E-state index contributed by atoms with van der Waals surface area (Å²) in [5, 5.41) is 3.39. The molecule has 1 aliphatic heterocycles. The Morgan fingerprint density at radius 1 is 1.21 bits per heavy atom. The van der Waals surface area contributed by atoms with Crippen LogP contribution in [0.4, 0.5) is 4.39 Å². The van der Waals surface area contributed by atoms with Gasteiger partial charge >= 0.3 is 0 Å². The Bertz CT molecular complexity index is 770. The zero-order valence-corrected chi connectivity index (χ0v) is 18.9. The molecule has 2 aromatic carbocycles. The second-order valence-electron chi connectivity index (χ2n) is 7.09. The molecule has 1 atom stereocenters. The van der Waals surface area contributed by atoms with Crippen LogP contribution in [0.2, 0.25) is 0 Å². The Hall–Kier alpha value is -1.67. The zero-order chi connectivity index (χ0) is 19.1. The molecule has 6 heteroatoms. The number of hydrogen-bond acceptors (Lipinski definition) is 2. The highest BCUT2D eigenvalue weighted by Gasteiger charge is 2.24. The van der Waals surface area contributed by atoms with Crippen molar-refractivity contribution in [3.8, 4) is 0 Å². The molecule has 1 fully saturated rings. The maximum atomic E-state index is 13.4. The molecule has 0 spiro atoms. The van der Waals surface area contributed by atoms with Gasteiger partial charge in [0.15, 0.2) is 5.96 Å². The maximum Gasteiger partial charge on any atom is 0.193 e. The van der Waals surface area contributed by atoms with Crippen LogP contribution in [0.1, 0.15) is 23.1 Å². The molecule has 28 heavy (non-hydrogen) atoms. The van der Waals surface area contributed by atoms with Crippen molar-refractivity contribution in [3.63, 3.8) is 0 Å². The van der Waals surface area contributed by atoms with Crippen LogP contribution < -0.4 is 5.32 Å². The molecule has 152 valence electrons. The topological polar surface area (TPSA) is 36.9 Å². The van der Waals surface area contributed by atoms with E-state index in [2.05, 4.69) is 27.3 Å². The minimum Gasteiger partial charge on any atom is -0.376 e. The minimum absolute atomic E-state index is 0. The number of halogens is 2. The van der Waals surface area contributed by atoms with Crippen LogP contribution in [0.25, 0.3) is 0 Å². The van der Waals surface area contributed by atoms with E-state index in [4.69, 9.17) is 4.74 Å². The molecule has 0 amide bonds. The predicted octanol–water partition coefficient (Wildman–Crippen LogP) is 4.37.